The standard InChI is InChI=1S/C24H26N2O3/c1-17(2)21-11-9-19(10-12-21)13-22(14-25)24(28)29-16-23(27)26(4)15-20-7-5-18(3)6-8-20/h5-13,17H,15-16H2,1-4H3/b22-13+. The Morgan fingerprint density at radius 3 is 2.28 bits per heavy atom. The van der Waals surface area contributed by atoms with Gasteiger partial charge in [0, 0.05) is 13.6 Å². The second-order valence-corrected chi connectivity index (χ2v) is 7.30. The van der Waals surface area contributed by atoms with Crippen LogP contribution in [0.25, 0.3) is 6.08 Å². The van der Waals surface area contributed by atoms with Crippen LogP contribution >= 0.6 is 0 Å². The molecule has 0 saturated carbocycles. The number of benzene rings is 2. The van der Waals surface area contributed by atoms with E-state index in [1.165, 1.54) is 16.5 Å². The molecular weight excluding hydrogens is 364 g/mol. The number of esters is 1. The van der Waals surface area contributed by atoms with E-state index in [2.05, 4.69) is 13.8 Å². The molecular formula is C24H26N2O3. The van der Waals surface area contributed by atoms with Gasteiger partial charge in [-0.3, -0.25) is 4.79 Å². The highest BCUT2D eigenvalue weighted by molar-refractivity contribution is 5.98. The number of nitrogens with zero attached hydrogens (tertiary/aromatic N) is 2. The molecule has 0 heterocycles. The molecule has 0 aliphatic rings. The topological polar surface area (TPSA) is 70.4 Å². The van der Waals surface area contributed by atoms with E-state index in [1.54, 1.807) is 7.05 Å². The molecule has 0 aliphatic heterocycles. The lowest BCUT2D eigenvalue weighted by Crippen LogP contribution is -2.31. The van der Waals surface area contributed by atoms with Gasteiger partial charge in [-0.2, -0.15) is 5.26 Å². The first-order chi connectivity index (χ1) is 13.8. The molecule has 0 saturated heterocycles. The Hall–Kier alpha value is -3.39. The molecule has 1 amide bonds. The largest absolute Gasteiger partial charge is 0.451 e. The van der Waals surface area contributed by atoms with E-state index >= 15 is 0 Å². The monoisotopic (exact) mass is 390 g/mol. The third-order valence-electron chi connectivity index (χ3n) is 4.55. The summed E-state index contributed by atoms with van der Waals surface area (Å²) in [6.45, 7) is 6.19. The lowest BCUT2D eigenvalue weighted by Gasteiger charge is -2.17. The van der Waals surface area contributed by atoms with Crippen LogP contribution < -0.4 is 0 Å². The molecule has 5 nitrogen and oxygen atoms in total. The molecule has 0 aromatic heterocycles. The van der Waals surface area contributed by atoms with Crippen molar-refractivity contribution in [1.29, 1.82) is 5.26 Å². The molecule has 150 valence electrons. The first-order valence-corrected chi connectivity index (χ1v) is 9.48. The fourth-order valence-corrected chi connectivity index (χ4v) is 2.65. The van der Waals surface area contributed by atoms with Crippen molar-refractivity contribution in [1.82, 2.24) is 4.90 Å². The minimum atomic E-state index is -0.808. The number of hydrogen-bond donors (Lipinski definition) is 0. The quantitative estimate of drug-likeness (QED) is 0.403. The summed E-state index contributed by atoms with van der Waals surface area (Å²) < 4.78 is 5.05. The van der Waals surface area contributed by atoms with Crippen molar-refractivity contribution < 1.29 is 14.3 Å². The van der Waals surface area contributed by atoms with Crippen LogP contribution in [0, 0.1) is 18.3 Å². The molecule has 0 radical (unpaired) electrons. The van der Waals surface area contributed by atoms with Gasteiger partial charge < -0.3 is 9.64 Å². The zero-order chi connectivity index (χ0) is 21.4. The van der Waals surface area contributed by atoms with E-state index < -0.39 is 12.6 Å². The molecule has 29 heavy (non-hydrogen) atoms. The summed E-state index contributed by atoms with van der Waals surface area (Å²) in [6, 6.07) is 17.3. The maximum atomic E-state index is 12.2. The maximum Gasteiger partial charge on any atom is 0.349 e. The Morgan fingerprint density at radius 2 is 1.72 bits per heavy atom. The van der Waals surface area contributed by atoms with Gasteiger partial charge >= 0.3 is 5.97 Å². The van der Waals surface area contributed by atoms with Crippen molar-refractivity contribution in [3.8, 4) is 6.07 Å². The highest BCUT2D eigenvalue weighted by Gasteiger charge is 2.16. The predicted molar refractivity (Wildman–Crippen MR) is 113 cm³/mol. The van der Waals surface area contributed by atoms with Crippen molar-refractivity contribution in [3.05, 3.63) is 76.4 Å². The number of likely N-dealkylation sites (N-methyl/N-ethyl adjacent to an activating group) is 1. The fourth-order valence-electron chi connectivity index (χ4n) is 2.65. The van der Waals surface area contributed by atoms with Crippen LogP contribution in [-0.4, -0.2) is 30.4 Å². The van der Waals surface area contributed by atoms with E-state index in [4.69, 9.17) is 4.74 Å². The van der Waals surface area contributed by atoms with Crippen molar-refractivity contribution in [2.24, 2.45) is 0 Å². The first kappa shape index (κ1) is 21.9. The number of ether oxygens (including phenoxy) is 1. The number of amides is 1. The van der Waals surface area contributed by atoms with Crippen molar-refractivity contribution >= 4 is 18.0 Å². The Bertz CT molecular complexity index is 920. The van der Waals surface area contributed by atoms with E-state index in [0.717, 1.165) is 16.7 Å². The lowest BCUT2D eigenvalue weighted by atomic mass is 10.0. The number of aryl methyl sites for hydroxylation is 1. The summed E-state index contributed by atoms with van der Waals surface area (Å²) in [5, 5.41) is 9.28. The summed E-state index contributed by atoms with van der Waals surface area (Å²) in [5.74, 6) is -0.744. The van der Waals surface area contributed by atoms with Crippen molar-refractivity contribution in [2.45, 2.75) is 33.2 Å². The van der Waals surface area contributed by atoms with Crippen LogP contribution in [0.3, 0.4) is 0 Å². The Labute approximate surface area is 172 Å². The SMILES string of the molecule is Cc1ccc(CN(C)C(=O)COC(=O)/C(C#N)=C/c2ccc(C(C)C)cc2)cc1. The molecule has 0 bridgehead atoms. The van der Waals surface area contributed by atoms with Crippen molar-refractivity contribution in [2.75, 3.05) is 13.7 Å². The fraction of sp³-hybridized carbons (Fsp3) is 0.292. The summed E-state index contributed by atoms with van der Waals surface area (Å²) in [5.41, 5.74) is 3.89. The number of carbonyl (C=O) groups is 2. The highest BCUT2D eigenvalue weighted by atomic mass is 16.5. The third-order valence-corrected chi connectivity index (χ3v) is 4.55. The summed E-state index contributed by atoms with van der Waals surface area (Å²) in [6.07, 6.45) is 1.47. The van der Waals surface area contributed by atoms with E-state index in [0.29, 0.717) is 12.5 Å². The van der Waals surface area contributed by atoms with Crippen LogP contribution in [-0.2, 0) is 20.9 Å². The molecule has 2 rings (SSSR count). The van der Waals surface area contributed by atoms with Gasteiger partial charge in [-0.15, -0.1) is 0 Å². The van der Waals surface area contributed by atoms with Crippen LogP contribution in [0.1, 0.15) is 42.0 Å². The molecule has 5 heteroatoms. The predicted octanol–water partition coefficient (Wildman–Crippen LogP) is 4.23. The lowest BCUT2D eigenvalue weighted by molar-refractivity contribution is -0.148. The van der Waals surface area contributed by atoms with Gasteiger partial charge in [-0.05, 0) is 35.6 Å². The normalized spacial score (nSPS) is 11.1. The minimum absolute atomic E-state index is 0.142. The zero-order valence-corrected chi connectivity index (χ0v) is 17.3. The number of nitriles is 1. The van der Waals surface area contributed by atoms with E-state index in [-0.39, 0.29) is 11.5 Å². The molecule has 0 aliphatic carbocycles. The second-order valence-electron chi connectivity index (χ2n) is 7.30. The molecule has 0 atom stereocenters. The molecule has 0 spiro atoms. The van der Waals surface area contributed by atoms with Crippen LogP contribution in [0.15, 0.2) is 54.1 Å². The molecule has 2 aromatic carbocycles. The summed E-state index contributed by atoms with van der Waals surface area (Å²) in [4.78, 5) is 25.9. The smallest absolute Gasteiger partial charge is 0.349 e. The Balaban J connectivity index is 1.94. The van der Waals surface area contributed by atoms with Gasteiger partial charge in [-0.25, -0.2) is 4.79 Å². The van der Waals surface area contributed by atoms with E-state index in [1.807, 2.05) is 61.5 Å². The molecule has 0 N–H and O–H groups in total. The average molecular weight is 390 g/mol. The van der Waals surface area contributed by atoms with Crippen LogP contribution in [0.5, 0.6) is 0 Å². The molecule has 2 aromatic rings. The van der Waals surface area contributed by atoms with Gasteiger partial charge in [0.15, 0.2) is 6.61 Å². The minimum Gasteiger partial charge on any atom is -0.451 e. The zero-order valence-electron chi connectivity index (χ0n) is 17.3. The number of rotatable bonds is 7. The Morgan fingerprint density at radius 1 is 1.10 bits per heavy atom. The second kappa shape index (κ2) is 10.2. The van der Waals surface area contributed by atoms with Crippen LogP contribution in [0.4, 0.5) is 0 Å². The van der Waals surface area contributed by atoms with Crippen molar-refractivity contribution in [3.63, 3.8) is 0 Å². The van der Waals surface area contributed by atoms with Gasteiger partial charge in [0.2, 0.25) is 0 Å². The van der Waals surface area contributed by atoms with Crippen LogP contribution in [0.2, 0.25) is 0 Å². The first-order valence-electron chi connectivity index (χ1n) is 9.48. The molecule has 0 unspecified atom stereocenters. The maximum absolute atomic E-state index is 12.2. The average Bonchev–Trinajstić information content (AvgIpc) is 2.71. The van der Waals surface area contributed by atoms with E-state index in [9.17, 15) is 14.9 Å². The van der Waals surface area contributed by atoms with Gasteiger partial charge in [-0.1, -0.05) is 67.9 Å². The van der Waals surface area contributed by atoms with Gasteiger partial charge in [0.1, 0.15) is 11.6 Å². The molecule has 0 fully saturated rings. The highest BCUT2D eigenvalue weighted by Crippen LogP contribution is 2.16. The summed E-state index contributed by atoms with van der Waals surface area (Å²) >= 11 is 0. The van der Waals surface area contributed by atoms with Gasteiger partial charge in [0.05, 0.1) is 0 Å². The van der Waals surface area contributed by atoms with Gasteiger partial charge in [0.25, 0.3) is 5.91 Å². The number of hydrogen-bond acceptors (Lipinski definition) is 4. The number of carbonyl (C=O) groups excluding carboxylic acids is 2. The summed E-state index contributed by atoms with van der Waals surface area (Å²) in [7, 11) is 1.65. The third kappa shape index (κ3) is 6.62. The Kier molecular flexibility index (Phi) is 7.73.